The summed E-state index contributed by atoms with van der Waals surface area (Å²) in [6, 6.07) is 9.98. The number of para-hydroxylation sites is 1. The van der Waals surface area contributed by atoms with E-state index in [4.69, 9.17) is 11.6 Å². The first-order valence-electron chi connectivity index (χ1n) is 8.82. The second-order valence-electron chi connectivity index (χ2n) is 6.57. The number of anilines is 1. The van der Waals surface area contributed by atoms with E-state index in [2.05, 4.69) is 31.3 Å². The summed E-state index contributed by atoms with van der Waals surface area (Å²) in [5.74, 6) is 0.784. The molecule has 2 aromatic heterocycles. The molecule has 7 nitrogen and oxygen atoms in total. The van der Waals surface area contributed by atoms with E-state index in [0.29, 0.717) is 0 Å². The lowest BCUT2D eigenvalue weighted by Gasteiger charge is -2.24. The van der Waals surface area contributed by atoms with E-state index in [-0.39, 0.29) is 0 Å². The smallest absolute Gasteiger partial charge is 0.176 e. The molecule has 3 aromatic rings. The van der Waals surface area contributed by atoms with E-state index >= 15 is 0 Å². The summed E-state index contributed by atoms with van der Waals surface area (Å²) in [5.41, 5.74) is 2.08. The topological polar surface area (TPSA) is 55.0 Å². The summed E-state index contributed by atoms with van der Waals surface area (Å²) in [4.78, 5) is 4.79. The monoisotopic (exact) mass is 371 g/mol. The highest BCUT2D eigenvalue weighted by Gasteiger charge is 2.18. The van der Waals surface area contributed by atoms with Crippen LogP contribution in [-0.2, 0) is 13.6 Å². The van der Waals surface area contributed by atoms with Gasteiger partial charge in [-0.05, 0) is 18.6 Å². The van der Waals surface area contributed by atoms with Gasteiger partial charge in [0.2, 0.25) is 0 Å². The van der Waals surface area contributed by atoms with Crippen LogP contribution in [0.5, 0.6) is 0 Å². The fourth-order valence-corrected chi connectivity index (χ4v) is 3.57. The summed E-state index contributed by atoms with van der Waals surface area (Å²) < 4.78 is 3.48. The highest BCUT2D eigenvalue weighted by atomic mass is 35.5. The summed E-state index contributed by atoms with van der Waals surface area (Å²) in [7, 11) is 1.89. The Morgan fingerprint density at radius 1 is 1.08 bits per heavy atom. The maximum Gasteiger partial charge on any atom is 0.176 e. The van der Waals surface area contributed by atoms with E-state index in [9.17, 15) is 0 Å². The number of aryl methyl sites for hydroxylation is 1. The fraction of sp³-hybridized carbons (Fsp3) is 0.389. The van der Waals surface area contributed by atoms with Crippen LogP contribution in [0.4, 0.5) is 5.69 Å². The summed E-state index contributed by atoms with van der Waals surface area (Å²) in [6.07, 6.45) is 4.95. The Labute approximate surface area is 157 Å². The molecule has 1 aliphatic rings. The van der Waals surface area contributed by atoms with Crippen LogP contribution in [0.15, 0.2) is 42.7 Å². The first-order chi connectivity index (χ1) is 12.7. The molecule has 0 atom stereocenters. The molecule has 0 amide bonds. The maximum atomic E-state index is 6.36. The van der Waals surface area contributed by atoms with Gasteiger partial charge in [-0.2, -0.15) is 5.10 Å². The molecule has 1 aromatic carbocycles. The van der Waals surface area contributed by atoms with Crippen molar-refractivity contribution in [3.63, 3.8) is 0 Å². The standard InChI is InChI=1S/C18H22ClN7/c1-23-10-7-18(21-23)26-14-15(20-22-26)13-24-8-4-9-25(12-11-24)17-6-3-2-5-16(17)19/h2-3,5-7,10,14H,4,8-9,11-13H2,1H3. The Morgan fingerprint density at radius 3 is 2.77 bits per heavy atom. The summed E-state index contributed by atoms with van der Waals surface area (Å²) >= 11 is 6.36. The third-order valence-corrected chi connectivity index (χ3v) is 4.96. The van der Waals surface area contributed by atoms with Crippen molar-refractivity contribution in [2.75, 3.05) is 31.1 Å². The van der Waals surface area contributed by atoms with Crippen LogP contribution in [-0.4, -0.2) is 55.9 Å². The number of aromatic nitrogens is 5. The Balaban J connectivity index is 1.39. The van der Waals surface area contributed by atoms with Gasteiger partial charge in [-0.1, -0.05) is 28.9 Å². The molecule has 4 rings (SSSR count). The lowest BCUT2D eigenvalue weighted by atomic mass is 10.2. The first-order valence-corrected chi connectivity index (χ1v) is 9.20. The van der Waals surface area contributed by atoms with E-state index in [1.165, 1.54) is 0 Å². The molecule has 0 N–H and O–H groups in total. The van der Waals surface area contributed by atoms with Crippen molar-refractivity contribution in [2.45, 2.75) is 13.0 Å². The van der Waals surface area contributed by atoms with Crippen molar-refractivity contribution in [3.05, 3.63) is 53.4 Å². The Hall–Kier alpha value is -2.38. The second-order valence-corrected chi connectivity index (χ2v) is 6.98. The molecule has 136 valence electrons. The van der Waals surface area contributed by atoms with Gasteiger partial charge >= 0.3 is 0 Å². The highest BCUT2D eigenvalue weighted by molar-refractivity contribution is 6.33. The van der Waals surface area contributed by atoms with Gasteiger partial charge in [0, 0.05) is 52.0 Å². The normalized spacial score (nSPS) is 16.0. The Kier molecular flexibility index (Phi) is 4.90. The van der Waals surface area contributed by atoms with Gasteiger partial charge in [0.05, 0.1) is 22.6 Å². The average Bonchev–Trinajstić information content (AvgIpc) is 3.20. The van der Waals surface area contributed by atoms with Gasteiger partial charge < -0.3 is 4.90 Å². The molecule has 0 aliphatic carbocycles. The molecule has 0 radical (unpaired) electrons. The van der Waals surface area contributed by atoms with Crippen LogP contribution < -0.4 is 4.90 Å². The van der Waals surface area contributed by atoms with Gasteiger partial charge in [0.1, 0.15) is 0 Å². The van der Waals surface area contributed by atoms with Crippen LogP contribution in [0.2, 0.25) is 5.02 Å². The van der Waals surface area contributed by atoms with Crippen LogP contribution in [0.1, 0.15) is 12.1 Å². The zero-order valence-corrected chi connectivity index (χ0v) is 15.5. The number of halogens is 1. The molecular formula is C18H22ClN7. The zero-order chi connectivity index (χ0) is 17.9. The van der Waals surface area contributed by atoms with E-state index < -0.39 is 0 Å². The Morgan fingerprint density at radius 2 is 1.96 bits per heavy atom. The van der Waals surface area contributed by atoms with Gasteiger partial charge in [0.25, 0.3) is 0 Å². The first kappa shape index (κ1) is 17.1. The van der Waals surface area contributed by atoms with E-state index in [1.807, 2.05) is 43.7 Å². The molecule has 8 heteroatoms. The SMILES string of the molecule is Cn1ccc(-n2cc(CN3CCCN(c4ccccc4Cl)CC3)nn2)n1. The minimum Gasteiger partial charge on any atom is -0.369 e. The molecule has 1 saturated heterocycles. The predicted molar refractivity (Wildman–Crippen MR) is 102 cm³/mol. The number of rotatable bonds is 4. The minimum absolute atomic E-state index is 0.784. The van der Waals surface area contributed by atoms with Gasteiger partial charge in [0.15, 0.2) is 5.82 Å². The highest BCUT2D eigenvalue weighted by Crippen LogP contribution is 2.26. The van der Waals surface area contributed by atoms with Gasteiger partial charge in [-0.15, -0.1) is 5.10 Å². The van der Waals surface area contributed by atoms with Crippen molar-refractivity contribution in [1.29, 1.82) is 0 Å². The summed E-state index contributed by atoms with van der Waals surface area (Å²) in [6.45, 7) is 4.78. The van der Waals surface area contributed by atoms with Crippen molar-refractivity contribution in [3.8, 4) is 5.82 Å². The third kappa shape index (κ3) is 3.73. The molecule has 1 aliphatic heterocycles. The van der Waals surface area contributed by atoms with Crippen LogP contribution in [0.3, 0.4) is 0 Å². The second kappa shape index (κ2) is 7.47. The zero-order valence-electron chi connectivity index (χ0n) is 14.8. The number of benzene rings is 1. The van der Waals surface area contributed by atoms with Crippen LogP contribution in [0, 0.1) is 0 Å². The van der Waals surface area contributed by atoms with E-state index in [1.54, 1.807) is 9.36 Å². The number of nitrogens with zero attached hydrogens (tertiary/aromatic N) is 7. The molecule has 3 heterocycles. The third-order valence-electron chi connectivity index (χ3n) is 4.64. The lowest BCUT2D eigenvalue weighted by Crippen LogP contribution is -2.30. The molecule has 1 fully saturated rings. The minimum atomic E-state index is 0.784. The largest absolute Gasteiger partial charge is 0.369 e. The van der Waals surface area contributed by atoms with E-state index in [0.717, 1.165) is 61.4 Å². The van der Waals surface area contributed by atoms with Crippen molar-refractivity contribution < 1.29 is 0 Å². The molecule has 0 spiro atoms. The predicted octanol–water partition coefficient (Wildman–Crippen LogP) is 2.37. The van der Waals surface area contributed by atoms with Crippen molar-refractivity contribution in [2.24, 2.45) is 7.05 Å². The van der Waals surface area contributed by atoms with Gasteiger partial charge in [-0.3, -0.25) is 9.58 Å². The molecule has 0 bridgehead atoms. The fourth-order valence-electron chi connectivity index (χ4n) is 3.32. The van der Waals surface area contributed by atoms with Gasteiger partial charge in [-0.25, -0.2) is 4.68 Å². The van der Waals surface area contributed by atoms with Crippen LogP contribution in [0.25, 0.3) is 5.82 Å². The quantitative estimate of drug-likeness (QED) is 0.704. The molecular weight excluding hydrogens is 350 g/mol. The summed E-state index contributed by atoms with van der Waals surface area (Å²) in [5, 5.41) is 13.7. The lowest BCUT2D eigenvalue weighted by molar-refractivity contribution is 0.282. The maximum absolute atomic E-state index is 6.36. The molecule has 0 saturated carbocycles. The number of hydrogen-bond acceptors (Lipinski definition) is 5. The van der Waals surface area contributed by atoms with Crippen molar-refractivity contribution in [1.82, 2.24) is 29.7 Å². The molecule has 0 unspecified atom stereocenters. The van der Waals surface area contributed by atoms with Crippen molar-refractivity contribution >= 4 is 17.3 Å². The van der Waals surface area contributed by atoms with Crippen LogP contribution >= 0.6 is 11.6 Å². The number of hydrogen-bond donors (Lipinski definition) is 0. The average molecular weight is 372 g/mol. The molecule has 26 heavy (non-hydrogen) atoms. The Bertz CT molecular complexity index is 872.